The minimum atomic E-state index is -1.66. The molecule has 1 atom stereocenters. The van der Waals surface area contributed by atoms with Crippen molar-refractivity contribution >= 4 is 11.6 Å². The first-order valence-corrected chi connectivity index (χ1v) is 4.05. The van der Waals surface area contributed by atoms with Crippen molar-refractivity contribution in [3.05, 3.63) is 10.1 Å². The summed E-state index contributed by atoms with van der Waals surface area (Å²) in [4.78, 5) is 21.2. The molecular weight excluding hydrogens is 174 g/mol. The number of nitro groups is 1. The second kappa shape index (κ2) is 3.12. The molecule has 1 unspecified atom stereocenters. The Morgan fingerprint density at radius 1 is 1.69 bits per heavy atom. The van der Waals surface area contributed by atoms with Gasteiger partial charge >= 0.3 is 11.4 Å². The molecule has 1 heterocycles. The molecule has 6 nitrogen and oxygen atoms in total. The highest BCUT2D eigenvalue weighted by molar-refractivity contribution is 6.14. The molecule has 0 aliphatic carbocycles. The highest BCUT2D eigenvalue weighted by Gasteiger charge is 2.54. The molecule has 0 radical (unpaired) electrons. The van der Waals surface area contributed by atoms with Gasteiger partial charge < -0.3 is 0 Å². The van der Waals surface area contributed by atoms with Crippen LogP contribution < -0.4 is 5.43 Å². The monoisotopic (exact) mass is 185 g/mol. The van der Waals surface area contributed by atoms with Crippen molar-refractivity contribution in [3.63, 3.8) is 0 Å². The van der Waals surface area contributed by atoms with Crippen LogP contribution in [0, 0.1) is 10.1 Å². The van der Waals surface area contributed by atoms with Crippen LogP contribution in [-0.2, 0) is 4.79 Å². The lowest BCUT2D eigenvalue weighted by Crippen LogP contribution is -2.49. The average molecular weight is 185 g/mol. The maximum Gasteiger partial charge on any atom is 0.336 e. The molecule has 1 aliphatic rings. The lowest BCUT2D eigenvalue weighted by molar-refractivity contribution is -0.525. The lowest BCUT2D eigenvalue weighted by Gasteiger charge is -2.12. The van der Waals surface area contributed by atoms with Gasteiger partial charge in [0.15, 0.2) is 0 Å². The van der Waals surface area contributed by atoms with Gasteiger partial charge in [-0.15, -0.1) is 0 Å². The van der Waals surface area contributed by atoms with Gasteiger partial charge in [0, 0.05) is 11.8 Å². The van der Waals surface area contributed by atoms with E-state index in [0.29, 0.717) is 12.1 Å². The van der Waals surface area contributed by atoms with Crippen molar-refractivity contribution < 1.29 is 9.72 Å². The molecular formula is C7H11N3O3. The Kier molecular flexibility index (Phi) is 2.31. The van der Waals surface area contributed by atoms with Gasteiger partial charge in [0.05, 0.1) is 0 Å². The molecule has 0 saturated carbocycles. The van der Waals surface area contributed by atoms with Crippen LogP contribution in [0.25, 0.3) is 0 Å². The van der Waals surface area contributed by atoms with Crippen molar-refractivity contribution in [2.45, 2.75) is 32.2 Å². The van der Waals surface area contributed by atoms with Crippen LogP contribution in [0.2, 0.25) is 0 Å². The zero-order chi connectivity index (χ0) is 10.1. The molecule has 0 aromatic carbocycles. The standard InChI is InChI=1S/C7H11N3O3/c1-3-4-5-7(2,10(12)13)6(11)9-8-5/h3-4H2,1-2H3,(H,9,11). The van der Waals surface area contributed by atoms with E-state index in [1.54, 1.807) is 0 Å². The normalized spacial score (nSPS) is 26.9. The summed E-state index contributed by atoms with van der Waals surface area (Å²) in [5.74, 6) is -0.652. The van der Waals surface area contributed by atoms with Crippen LogP contribution in [0.5, 0.6) is 0 Å². The van der Waals surface area contributed by atoms with Gasteiger partial charge in [-0.2, -0.15) is 5.10 Å². The summed E-state index contributed by atoms with van der Waals surface area (Å²) in [6, 6.07) is 0. The van der Waals surface area contributed by atoms with E-state index < -0.39 is 16.4 Å². The van der Waals surface area contributed by atoms with E-state index in [2.05, 4.69) is 10.5 Å². The Balaban J connectivity index is 2.98. The first kappa shape index (κ1) is 9.63. The van der Waals surface area contributed by atoms with E-state index in [-0.39, 0.29) is 0 Å². The SMILES string of the molecule is CCCC1=NNC(=O)C1(C)[N+](=O)[O-]. The van der Waals surface area contributed by atoms with Crippen molar-refractivity contribution in [2.75, 3.05) is 0 Å². The number of carbonyl (C=O) groups excluding carboxylic acids is 1. The third kappa shape index (κ3) is 1.28. The van der Waals surface area contributed by atoms with Gasteiger partial charge in [0.2, 0.25) is 0 Å². The molecule has 0 aromatic heterocycles. The molecule has 1 amide bonds. The summed E-state index contributed by atoms with van der Waals surface area (Å²) >= 11 is 0. The van der Waals surface area contributed by atoms with Gasteiger partial charge in [0.25, 0.3) is 0 Å². The Hall–Kier alpha value is -1.46. The van der Waals surface area contributed by atoms with Crippen LogP contribution >= 0.6 is 0 Å². The van der Waals surface area contributed by atoms with E-state index in [0.717, 1.165) is 6.42 Å². The molecule has 0 saturated heterocycles. The molecule has 72 valence electrons. The lowest BCUT2D eigenvalue weighted by atomic mass is 9.94. The highest BCUT2D eigenvalue weighted by Crippen LogP contribution is 2.19. The summed E-state index contributed by atoms with van der Waals surface area (Å²) in [5.41, 5.74) is 0.787. The van der Waals surface area contributed by atoms with E-state index >= 15 is 0 Å². The van der Waals surface area contributed by atoms with E-state index in [1.807, 2.05) is 6.92 Å². The van der Waals surface area contributed by atoms with Crippen LogP contribution in [0.3, 0.4) is 0 Å². The fraction of sp³-hybridized carbons (Fsp3) is 0.714. The number of hydrogen-bond acceptors (Lipinski definition) is 4. The summed E-state index contributed by atoms with van der Waals surface area (Å²) in [6.07, 6.45) is 1.20. The van der Waals surface area contributed by atoms with Gasteiger partial charge in [-0.1, -0.05) is 13.3 Å². The zero-order valence-corrected chi connectivity index (χ0v) is 7.53. The van der Waals surface area contributed by atoms with Gasteiger partial charge in [-0.05, 0) is 6.42 Å². The van der Waals surface area contributed by atoms with E-state index in [9.17, 15) is 14.9 Å². The largest absolute Gasteiger partial charge is 0.336 e. The fourth-order valence-corrected chi connectivity index (χ4v) is 1.19. The molecule has 1 rings (SSSR count). The van der Waals surface area contributed by atoms with Crippen LogP contribution in [0.4, 0.5) is 0 Å². The van der Waals surface area contributed by atoms with E-state index in [1.165, 1.54) is 6.92 Å². The Bertz CT molecular complexity index is 287. The maximum absolute atomic E-state index is 11.2. The Morgan fingerprint density at radius 3 is 2.77 bits per heavy atom. The van der Waals surface area contributed by atoms with Gasteiger partial charge in [-0.3, -0.25) is 14.9 Å². The predicted octanol–water partition coefficient (Wildman–Crippen LogP) is 0.308. The van der Waals surface area contributed by atoms with Crippen molar-refractivity contribution in [2.24, 2.45) is 5.10 Å². The minimum Gasteiger partial charge on any atom is -0.264 e. The van der Waals surface area contributed by atoms with Crippen LogP contribution in [0.1, 0.15) is 26.7 Å². The smallest absolute Gasteiger partial charge is 0.264 e. The first-order valence-electron chi connectivity index (χ1n) is 4.05. The summed E-state index contributed by atoms with van der Waals surface area (Å²) in [6.45, 7) is 3.16. The average Bonchev–Trinajstić information content (AvgIpc) is 2.34. The summed E-state index contributed by atoms with van der Waals surface area (Å²) < 4.78 is 0. The third-order valence-electron chi connectivity index (χ3n) is 2.15. The molecule has 1 N–H and O–H groups in total. The third-order valence-corrected chi connectivity index (χ3v) is 2.15. The number of rotatable bonds is 3. The second-order valence-corrected chi connectivity index (χ2v) is 3.08. The first-order chi connectivity index (χ1) is 6.03. The van der Waals surface area contributed by atoms with Crippen molar-refractivity contribution in [1.29, 1.82) is 0 Å². The predicted molar refractivity (Wildman–Crippen MR) is 45.9 cm³/mol. The highest BCUT2D eigenvalue weighted by atomic mass is 16.6. The van der Waals surface area contributed by atoms with Crippen molar-refractivity contribution in [3.8, 4) is 0 Å². The van der Waals surface area contributed by atoms with Gasteiger partial charge in [0.1, 0.15) is 5.71 Å². The Labute approximate surface area is 75.2 Å². The number of amides is 1. The number of nitrogens with one attached hydrogen (secondary N) is 1. The molecule has 13 heavy (non-hydrogen) atoms. The van der Waals surface area contributed by atoms with Crippen LogP contribution in [0.15, 0.2) is 5.10 Å². The summed E-state index contributed by atoms with van der Waals surface area (Å²) in [7, 11) is 0. The molecule has 0 fully saturated rings. The van der Waals surface area contributed by atoms with Crippen LogP contribution in [-0.4, -0.2) is 22.1 Å². The Morgan fingerprint density at radius 2 is 2.31 bits per heavy atom. The van der Waals surface area contributed by atoms with E-state index in [4.69, 9.17) is 0 Å². The minimum absolute atomic E-state index is 0.310. The second-order valence-electron chi connectivity index (χ2n) is 3.08. The molecule has 0 spiro atoms. The zero-order valence-electron chi connectivity index (χ0n) is 7.53. The molecule has 1 aliphatic heterocycles. The quantitative estimate of drug-likeness (QED) is 0.507. The maximum atomic E-state index is 11.2. The number of hydrogen-bond donors (Lipinski definition) is 1. The van der Waals surface area contributed by atoms with Gasteiger partial charge in [-0.25, -0.2) is 5.43 Å². The topological polar surface area (TPSA) is 84.6 Å². The number of hydrazone groups is 1. The molecule has 6 heteroatoms. The molecule has 0 aromatic rings. The molecule has 0 bridgehead atoms. The summed E-state index contributed by atoms with van der Waals surface area (Å²) in [5, 5.41) is 14.3. The number of nitrogens with zero attached hydrogens (tertiary/aromatic N) is 2. The number of carbonyl (C=O) groups is 1. The fourth-order valence-electron chi connectivity index (χ4n) is 1.19. The van der Waals surface area contributed by atoms with Crippen molar-refractivity contribution in [1.82, 2.24) is 5.43 Å².